The van der Waals surface area contributed by atoms with Crippen LogP contribution in [0.3, 0.4) is 0 Å². The maximum atomic E-state index is 12.2. The number of carboxylic acids is 1. The number of thiophene rings is 1. The Morgan fingerprint density at radius 1 is 1.43 bits per heavy atom. The summed E-state index contributed by atoms with van der Waals surface area (Å²) in [7, 11) is 1.56. The van der Waals surface area contributed by atoms with Gasteiger partial charge in [-0.3, -0.25) is 14.4 Å². The number of carbonyl (C=O) groups excluding carboxylic acids is 1. The molecule has 0 aliphatic heterocycles. The summed E-state index contributed by atoms with van der Waals surface area (Å²) in [6, 6.07) is 0. The third kappa shape index (κ3) is 3.93. The van der Waals surface area contributed by atoms with Crippen LogP contribution in [0.5, 0.6) is 0 Å². The Bertz CT molecular complexity index is 796. The van der Waals surface area contributed by atoms with Gasteiger partial charge in [-0.15, -0.1) is 11.3 Å². The van der Waals surface area contributed by atoms with Gasteiger partial charge in [0.2, 0.25) is 0 Å². The average molecular weight is 339 g/mol. The smallest absolute Gasteiger partial charge is 0.305 e. The number of carbonyl (C=O) groups is 2. The summed E-state index contributed by atoms with van der Waals surface area (Å²) in [6.07, 6.45) is 0.314. The third-order valence-electron chi connectivity index (χ3n) is 3.22. The van der Waals surface area contributed by atoms with Gasteiger partial charge in [-0.1, -0.05) is 0 Å². The molecule has 23 heavy (non-hydrogen) atoms. The number of fused-ring (bicyclic) bond motifs is 1. The van der Waals surface area contributed by atoms with Crippen LogP contribution in [0.4, 0.5) is 0 Å². The van der Waals surface area contributed by atoms with Gasteiger partial charge >= 0.3 is 5.97 Å². The number of hydrogen-bond acceptors (Lipinski definition) is 6. The Hall–Kier alpha value is -2.26. The predicted octanol–water partition coefficient (Wildman–Crippen LogP) is 0.686. The van der Waals surface area contributed by atoms with Gasteiger partial charge in [0.05, 0.1) is 23.3 Å². The van der Waals surface area contributed by atoms with Crippen molar-refractivity contribution >= 4 is 33.4 Å². The maximum absolute atomic E-state index is 12.2. The monoisotopic (exact) mass is 339 g/mol. The van der Waals surface area contributed by atoms with E-state index in [1.807, 2.05) is 0 Å². The van der Waals surface area contributed by atoms with Gasteiger partial charge in [-0.05, 0) is 12.5 Å². The highest BCUT2D eigenvalue weighted by molar-refractivity contribution is 7.20. The van der Waals surface area contributed by atoms with Crippen molar-refractivity contribution in [3.8, 4) is 0 Å². The van der Waals surface area contributed by atoms with E-state index in [1.54, 1.807) is 14.0 Å². The minimum atomic E-state index is -0.987. The van der Waals surface area contributed by atoms with E-state index in [0.29, 0.717) is 39.5 Å². The molecule has 0 spiro atoms. The van der Waals surface area contributed by atoms with E-state index in [9.17, 15) is 14.4 Å². The zero-order valence-corrected chi connectivity index (χ0v) is 13.6. The summed E-state index contributed by atoms with van der Waals surface area (Å²) in [5, 5.41) is 11.5. The molecule has 0 unspecified atom stereocenters. The second-order valence-electron chi connectivity index (χ2n) is 4.89. The minimum Gasteiger partial charge on any atom is -0.481 e. The molecule has 2 aromatic rings. The molecule has 0 saturated heterocycles. The number of H-pyrrole nitrogens is 1. The fraction of sp³-hybridized carbons (Fsp3) is 0.429. The number of nitrogens with zero attached hydrogens (tertiary/aromatic N) is 1. The van der Waals surface area contributed by atoms with E-state index < -0.39 is 11.9 Å². The van der Waals surface area contributed by atoms with E-state index in [4.69, 9.17) is 9.84 Å². The number of ether oxygens (including phenoxy) is 1. The number of methoxy groups -OCH3 is 1. The Morgan fingerprint density at radius 3 is 2.83 bits per heavy atom. The number of amides is 1. The number of aryl methyl sites for hydroxylation is 1. The molecule has 2 aromatic heterocycles. The number of aromatic amines is 1. The quantitative estimate of drug-likeness (QED) is 0.682. The Balaban J connectivity index is 2.30. The molecule has 124 valence electrons. The second kappa shape index (κ2) is 7.34. The van der Waals surface area contributed by atoms with Crippen molar-refractivity contribution in [2.45, 2.75) is 19.8 Å². The summed E-state index contributed by atoms with van der Waals surface area (Å²) in [5.41, 5.74) is 0.254. The predicted molar refractivity (Wildman–Crippen MR) is 85.1 cm³/mol. The van der Waals surface area contributed by atoms with Crippen LogP contribution in [0.15, 0.2) is 4.79 Å². The molecule has 0 bridgehead atoms. The van der Waals surface area contributed by atoms with Crippen LogP contribution in [0.1, 0.15) is 27.5 Å². The van der Waals surface area contributed by atoms with Crippen molar-refractivity contribution in [2.75, 3.05) is 20.3 Å². The number of rotatable bonds is 7. The van der Waals surface area contributed by atoms with E-state index in [0.717, 1.165) is 11.3 Å². The summed E-state index contributed by atoms with van der Waals surface area (Å²) in [6.45, 7) is 2.14. The van der Waals surface area contributed by atoms with E-state index in [1.165, 1.54) is 0 Å². The molecule has 2 rings (SSSR count). The molecule has 2 heterocycles. The fourth-order valence-electron chi connectivity index (χ4n) is 2.09. The third-order valence-corrected chi connectivity index (χ3v) is 4.41. The number of nitrogens with one attached hydrogen (secondary N) is 2. The van der Waals surface area contributed by atoms with Crippen LogP contribution >= 0.6 is 11.3 Å². The highest BCUT2D eigenvalue weighted by Crippen LogP contribution is 2.26. The molecule has 0 atom stereocenters. The normalized spacial score (nSPS) is 10.9. The average Bonchev–Trinajstić information content (AvgIpc) is 2.82. The molecule has 8 nitrogen and oxygen atoms in total. The van der Waals surface area contributed by atoms with Gasteiger partial charge < -0.3 is 20.1 Å². The lowest BCUT2D eigenvalue weighted by Gasteiger charge is -2.01. The first kappa shape index (κ1) is 17.1. The number of aliphatic carboxylic acids is 1. The van der Waals surface area contributed by atoms with Crippen molar-refractivity contribution in [3.63, 3.8) is 0 Å². The van der Waals surface area contributed by atoms with Crippen LogP contribution in [0, 0.1) is 6.92 Å². The number of aromatic nitrogens is 2. The molecular weight excluding hydrogens is 322 g/mol. The van der Waals surface area contributed by atoms with Gasteiger partial charge in [0, 0.05) is 20.1 Å². The highest BCUT2D eigenvalue weighted by Gasteiger charge is 2.19. The summed E-state index contributed by atoms with van der Waals surface area (Å²) in [4.78, 5) is 42.7. The summed E-state index contributed by atoms with van der Waals surface area (Å²) >= 11 is 1.12. The van der Waals surface area contributed by atoms with Crippen LogP contribution in [-0.2, 0) is 16.0 Å². The van der Waals surface area contributed by atoms with Crippen LogP contribution in [-0.4, -0.2) is 47.2 Å². The van der Waals surface area contributed by atoms with E-state index in [2.05, 4.69) is 15.3 Å². The first-order valence-electron chi connectivity index (χ1n) is 6.95. The van der Waals surface area contributed by atoms with Gasteiger partial charge in [0.25, 0.3) is 11.5 Å². The zero-order valence-electron chi connectivity index (χ0n) is 12.8. The van der Waals surface area contributed by atoms with Crippen LogP contribution < -0.4 is 10.9 Å². The molecule has 9 heteroatoms. The standard InChI is InChI=1S/C14H17N3O5S/c1-7-10-12(20)16-8(4-6-22-2)17-14(10)23-11(7)13(21)15-5-3-9(18)19/h3-6H2,1-2H3,(H,15,21)(H,18,19)(H,16,17,20). The Morgan fingerprint density at radius 2 is 2.17 bits per heavy atom. The molecule has 3 N–H and O–H groups in total. The number of hydrogen-bond donors (Lipinski definition) is 3. The van der Waals surface area contributed by atoms with Gasteiger partial charge in [-0.2, -0.15) is 0 Å². The van der Waals surface area contributed by atoms with Gasteiger partial charge in [0.1, 0.15) is 10.7 Å². The molecule has 0 aliphatic carbocycles. The fourth-order valence-corrected chi connectivity index (χ4v) is 3.20. The summed E-state index contributed by atoms with van der Waals surface area (Å²) in [5.74, 6) is -0.882. The van der Waals surface area contributed by atoms with Gasteiger partial charge in [-0.25, -0.2) is 4.98 Å². The van der Waals surface area contributed by atoms with Gasteiger partial charge in [0.15, 0.2) is 0 Å². The Labute approximate surface area is 135 Å². The zero-order chi connectivity index (χ0) is 17.0. The maximum Gasteiger partial charge on any atom is 0.305 e. The van der Waals surface area contributed by atoms with Crippen molar-refractivity contribution in [2.24, 2.45) is 0 Å². The highest BCUT2D eigenvalue weighted by atomic mass is 32.1. The molecule has 0 aliphatic rings. The molecule has 1 amide bonds. The van der Waals surface area contributed by atoms with E-state index >= 15 is 0 Å². The topological polar surface area (TPSA) is 121 Å². The lowest BCUT2D eigenvalue weighted by molar-refractivity contribution is -0.136. The first-order valence-corrected chi connectivity index (χ1v) is 7.77. The Kier molecular flexibility index (Phi) is 5.45. The number of carboxylic acid groups (broad SMARTS) is 1. The van der Waals surface area contributed by atoms with Crippen molar-refractivity contribution in [1.82, 2.24) is 15.3 Å². The molecule has 0 saturated carbocycles. The molecule has 0 radical (unpaired) electrons. The first-order chi connectivity index (χ1) is 10.9. The van der Waals surface area contributed by atoms with Crippen LogP contribution in [0.2, 0.25) is 0 Å². The largest absolute Gasteiger partial charge is 0.481 e. The van der Waals surface area contributed by atoms with E-state index in [-0.39, 0.29) is 18.5 Å². The molecule has 0 aromatic carbocycles. The van der Waals surface area contributed by atoms with Crippen LogP contribution in [0.25, 0.3) is 10.2 Å². The van der Waals surface area contributed by atoms with Crippen molar-refractivity contribution < 1.29 is 19.4 Å². The molecular formula is C14H17N3O5S. The summed E-state index contributed by atoms with van der Waals surface area (Å²) < 4.78 is 4.96. The minimum absolute atomic E-state index is 0.0325. The SMILES string of the molecule is COCCc1nc2sc(C(=O)NCCC(=O)O)c(C)c2c(=O)[nH]1. The van der Waals surface area contributed by atoms with Crippen molar-refractivity contribution in [1.29, 1.82) is 0 Å². The lowest BCUT2D eigenvalue weighted by Crippen LogP contribution is -2.25. The second-order valence-corrected chi connectivity index (χ2v) is 5.89. The lowest BCUT2D eigenvalue weighted by atomic mass is 10.2. The van der Waals surface area contributed by atoms with Crippen molar-refractivity contribution in [3.05, 3.63) is 26.6 Å². The molecule has 0 fully saturated rings.